The second-order valence-corrected chi connectivity index (χ2v) is 8.52. The van der Waals surface area contributed by atoms with E-state index in [1.54, 1.807) is 0 Å². The van der Waals surface area contributed by atoms with E-state index in [0.717, 1.165) is 56.2 Å². The fraction of sp³-hybridized carbons (Fsp3) is 0.423. The van der Waals surface area contributed by atoms with E-state index in [1.807, 2.05) is 37.3 Å². The first-order valence-corrected chi connectivity index (χ1v) is 11.5. The third kappa shape index (κ3) is 5.04. The number of hydrogen-bond acceptors (Lipinski definition) is 2. The maximum atomic E-state index is 12.5. The topological polar surface area (TPSA) is 70.6 Å². The first-order chi connectivity index (χ1) is 15.2. The zero-order valence-electron chi connectivity index (χ0n) is 18.2. The summed E-state index contributed by atoms with van der Waals surface area (Å²) in [5.74, 6) is -0.0870. The molecule has 2 aliphatic rings. The van der Waals surface area contributed by atoms with Crippen molar-refractivity contribution in [3.05, 3.63) is 64.2 Å². The van der Waals surface area contributed by atoms with Crippen LogP contribution in [0.5, 0.6) is 0 Å². The Balaban J connectivity index is 1.31. The molecule has 0 saturated heterocycles. The third-order valence-corrected chi connectivity index (χ3v) is 6.47. The van der Waals surface area contributed by atoms with Gasteiger partial charge < -0.3 is 10.6 Å². The molecule has 0 bridgehead atoms. The minimum absolute atomic E-state index is 0.00286. The van der Waals surface area contributed by atoms with Gasteiger partial charge in [-0.2, -0.15) is 0 Å². The van der Waals surface area contributed by atoms with Gasteiger partial charge in [-0.1, -0.05) is 43.3 Å². The van der Waals surface area contributed by atoms with Gasteiger partial charge in [-0.05, 0) is 79.2 Å². The number of benzene rings is 2. The molecule has 0 aliphatic heterocycles. The standard InChI is InChI=1S/C26H31N3O2/c1-2-19(16-18-8-4-3-5-9-18)25(30)27-14-15-28-26(31)29-24-22-12-6-10-20(22)17-21-11-7-13-23(21)24/h3-5,8-9,15,17,19H,2,6-7,10-14,16H2,1H3,(H,27,30)(H,29,31)/b28-15-. The molecule has 0 spiro atoms. The van der Waals surface area contributed by atoms with Gasteiger partial charge in [-0.25, -0.2) is 9.79 Å². The molecule has 0 saturated carbocycles. The fourth-order valence-electron chi connectivity index (χ4n) is 4.85. The molecule has 2 aromatic rings. The molecule has 31 heavy (non-hydrogen) atoms. The molecular formula is C26H31N3O2. The van der Waals surface area contributed by atoms with Crippen molar-refractivity contribution in [1.29, 1.82) is 0 Å². The number of carbonyl (C=O) groups excluding carboxylic acids is 2. The highest BCUT2D eigenvalue weighted by atomic mass is 16.2. The van der Waals surface area contributed by atoms with Crippen LogP contribution in [0, 0.1) is 5.92 Å². The molecule has 2 aliphatic carbocycles. The summed E-state index contributed by atoms with van der Waals surface area (Å²) in [4.78, 5) is 29.0. The Morgan fingerprint density at radius 3 is 2.35 bits per heavy atom. The largest absolute Gasteiger partial charge is 0.351 e. The molecule has 0 aromatic heterocycles. The number of nitrogens with zero attached hydrogens (tertiary/aromatic N) is 1. The first-order valence-electron chi connectivity index (χ1n) is 11.5. The van der Waals surface area contributed by atoms with E-state index in [4.69, 9.17) is 0 Å². The van der Waals surface area contributed by atoms with Gasteiger partial charge in [0.05, 0.1) is 6.54 Å². The molecule has 1 unspecified atom stereocenters. The van der Waals surface area contributed by atoms with Gasteiger partial charge in [-0.3, -0.25) is 4.79 Å². The maximum absolute atomic E-state index is 12.5. The van der Waals surface area contributed by atoms with Crippen LogP contribution < -0.4 is 10.6 Å². The lowest BCUT2D eigenvalue weighted by Gasteiger charge is -2.15. The number of carbonyl (C=O) groups is 2. The van der Waals surface area contributed by atoms with Crippen molar-refractivity contribution in [3.63, 3.8) is 0 Å². The van der Waals surface area contributed by atoms with Crippen LogP contribution in [0.1, 0.15) is 54.0 Å². The smallest absolute Gasteiger partial charge is 0.345 e. The number of amides is 3. The Bertz CT molecular complexity index is 950. The van der Waals surface area contributed by atoms with Crippen LogP contribution in [0.4, 0.5) is 10.5 Å². The van der Waals surface area contributed by atoms with E-state index in [9.17, 15) is 9.59 Å². The summed E-state index contributed by atoms with van der Waals surface area (Å²) in [5.41, 5.74) is 7.52. The predicted octanol–water partition coefficient (Wildman–Crippen LogP) is 4.65. The summed E-state index contributed by atoms with van der Waals surface area (Å²) in [7, 11) is 0. The van der Waals surface area contributed by atoms with Gasteiger partial charge in [0.2, 0.25) is 5.91 Å². The second kappa shape index (κ2) is 9.90. The van der Waals surface area contributed by atoms with Crippen molar-refractivity contribution in [2.24, 2.45) is 10.9 Å². The molecule has 3 amide bonds. The van der Waals surface area contributed by atoms with E-state index in [-0.39, 0.29) is 24.4 Å². The highest BCUT2D eigenvalue weighted by molar-refractivity contribution is 5.97. The number of aryl methyl sites for hydroxylation is 2. The van der Waals surface area contributed by atoms with Crippen LogP contribution in [-0.4, -0.2) is 24.7 Å². The highest BCUT2D eigenvalue weighted by Crippen LogP contribution is 2.38. The molecule has 0 radical (unpaired) electrons. The lowest BCUT2D eigenvalue weighted by Crippen LogP contribution is -2.33. The van der Waals surface area contributed by atoms with Crippen LogP contribution in [0.25, 0.3) is 0 Å². The van der Waals surface area contributed by atoms with Crippen LogP contribution in [-0.2, 0) is 36.9 Å². The lowest BCUT2D eigenvalue weighted by molar-refractivity contribution is -0.124. The van der Waals surface area contributed by atoms with E-state index in [1.165, 1.54) is 28.5 Å². The molecule has 162 valence electrons. The Labute approximate surface area is 184 Å². The molecule has 5 heteroatoms. The first kappa shape index (κ1) is 21.3. The van der Waals surface area contributed by atoms with E-state index >= 15 is 0 Å². The van der Waals surface area contributed by atoms with E-state index in [2.05, 4.69) is 21.7 Å². The molecule has 0 heterocycles. The summed E-state index contributed by atoms with van der Waals surface area (Å²) < 4.78 is 0. The van der Waals surface area contributed by atoms with Crippen LogP contribution >= 0.6 is 0 Å². The molecule has 2 aromatic carbocycles. The highest BCUT2D eigenvalue weighted by Gasteiger charge is 2.24. The molecule has 5 nitrogen and oxygen atoms in total. The minimum atomic E-state index is -0.361. The van der Waals surface area contributed by atoms with Crippen molar-refractivity contribution < 1.29 is 9.59 Å². The average Bonchev–Trinajstić information content (AvgIpc) is 3.45. The van der Waals surface area contributed by atoms with Crippen molar-refractivity contribution in [2.75, 3.05) is 11.9 Å². The molecule has 2 N–H and O–H groups in total. The molecule has 4 rings (SSSR count). The minimum Gasteiger partial charge on any atom is -0.351 e. The van der Waals surface area contributed by atoms with Gasteiger partial charge in [0.1, 0.15) is 0 Å². The predicted molar refractivity (Wildman–Crippen MR) is 125 cm³/mol. The summed E-state index contributed by atoms with van der Waals surface area (Å²) in [6.45, 7) is 2.27. The zero-order valence-corrected chi connectivity index (χ0v) is 18.2. The number of hydrogen-bond donors (Lipinski definition) is 2. The van der Waals surface area contributed by atoms with Crippen LogP contribution in [0.3, 0.4) is 0 Å². The number of anilines is 1. The van der Waals surface area contributed by atoms with Gasteiger partial charge in [0, 0.05) is 17.8 Å². The quantitative estimate of drug-likeness (QED) is 0.644. The van der Waals surface area contributed by atoms with E-state index in [0.29, 0.717) is 6.42 Å². The zero-order chi connectivity index (χ0) is 21.6. The Kier molecular flexibility index (Phi) is 6.80. The van der Waals surface area contributed by atoms with Crippen molar-refractivity contribution in [3.8, 4) is 0 Å². The SMILES string of the molecule is CCC(Cc1ccccc1)C(=O)NC/C=N\C(=O)Nc1c2c(cc3c1CCC3)CCC2. The van der Waals surface area contributed by atoms with Gasteiger partial charge in [-0.15, -0.1) is 0 Å². The summed E-state index contributed by atoms with van der Waals surface area (Å²) in [5, 5.41) is 5.94. The third-order valence-electron chi connectivity index (χ3n) is 6.47. The van der Waals surface area contributed by atoms with Crippen molar-refractivity contribution in [1.82, 2.24) is 5.32 Å². The van der Waals surface area contributed by atoms with Gasteiger partial charge in [0.15, 0.2) is 0 Å². The second-order valence-electron chi connectivity index (χ2n) is 8.52. The molecule has 0 fully saturated rings. The summed E-state index contributed by atoms with van der Waals surface area (Å²) >= 11 is 0. The van der Waals surface area contributed by atoms with Crippen LogP contribution in [0.2, 0.25) is 0 Å². The number of fused-ring (bicyclic) bond motifs is 2. The fourth-order valence-corrected chi connectivity index (χ4v) is 4.85. The van der Waals surface area contributed by atoms with Gasteiger partial charge in [0.25, 0.3) is 0 Å². The molecular weight excluding hydrogens is 386 g/mol. The summed E-state index contributed by atoms with van der Waals surface area (Å²) in [6.07, 6.45) is 9.52. The average molecular weight is 418 g/mol. The van der Waals surface area contributed by atoms with Crippen molar-refractivity contribution >= 4 is 23.8 Å². The lowest BCUT2D eigenvalue weighted by atomic mass is 9.96. The number of urea groups is 1. The summed E-state index contributed by atoms with van der Waals surface area (Å²) in [6, 6.07) is 12.0. The Morgan fingerprint density at radius 2 is 1.71 bits per heavy atom. The van der Waals surface area contributed by atoms with E-state index < -0.39 is 0 Å². The Morgan fingerprint density at radius 1 is 1.03 bits per heavy atom. The maximum Gasteiger partial charge on any atom is 0.345 e. The Hall–Kier alpha value is -2.95. The monoisotopic (exact) mass is 417 g/mol. The number of rotatable bonds is 7. The van der Waals surface area contributed by atoms with Crippen molar-refractivity contribution in [2.45, 2.75) is 58.3 Å². The van der Waals surface area contributed by atoms with Gasteiger partial charge >= 0.3 is 6.03 Å². The van der Waals surface area contributed by atoms with Crippen LogP contribution in [0.15, 0.2) is 41.4 Å². The number of nitrogens with one attached hydrogen (secondary N) is 2. The molecule has 1 atom stereocenters. The number of aliphatic imine (C=N–C) groups is 1. The normalized spacial score (nSPS) is 15.5.